The minimum atomic E-state index is 1.08. The minimum absolute atomic E-state index is 1.08. The standard InChI is InChI=1S/C66H82Br4S4/c1-5-9-13-17-21-25-29-47-33-37-63(71-47)55-41-51(61(69)45-57(55)65-39-35-49(73-65)31-27-23-19-15-11-7-3)53-43-60(68)54(44-59(53)67)52-42-56(64-38-34-48(72-64)30-26-22-18-14-10-6-2)58(46-62(52)70)66-40-36-50(74-66)32-28-24-20-16-12-8-4/h33-46H,5-32H2,1-4H3. The molecule has 0 aliphatic heterocycles. The van der Waals surface area contributed by atoms with Gasteiger partial charge in [0.15, 0.2) is 0 Å². The van der Waals surface area contributed by atoms with Crippen molar-refractivity contribution in [3.8, 4) is 64.0 Å². The van der Waals surface area contributed by atoms with Crippen molar-refractivity contribution >= 4 is 109 Å². The maximum Gasteiger partial charge on any atom is 0.0352 e. The largest absolute Gasteiger partial charge is 0.140 e. The van der Waals surface area contributed by atoms with Crippen molar-refractivity contribution in [1.29, 1.82) is 0 Å². The zero-order valence-electron chi connectivity index (χ0n) is 45.0. The Hall–Kier alpha value is -1.62. The van der Waals surface area contributed by atoms with Crippen molar-refractivity contribution < 1.29 is 0 Å². The summed E-state index contributed by atoms with van der Waals surface area (Å²) in [7, 11) is 0. The summed E-state index contributed by atoms with van der Waals surface area (Å²) in [5.41, 5.74) is 10.0. The number of thiophene rings is 4. The number of aryl methyl sites for hydroxylation is 4. The second-order valence-electron chi connectivity index (χ2n) is 20.7. The highest BCUT2D eigenvalue weighted by molar-refractivity contribution is 9.11. The van der Waals surface area contributed by atoms with Gasteiger partial charge in [0.1, 0.15) is 0 Å². The summed E-state index contributed by atoms with van der Waals surface area (Å²) < 4.78 is 4.38. The zero-order valence-corrected chi connectivity index (χ0v) is 54.6. The highest BCUT2D eigenvalue weighted by Crippen LogP contribution is 2.50. The van der Waals surface area contributed by atoms with Crippen LogP contribution in [0.1, 0.15) is 201 Å². The van der Waals surface area contributed by atoms with E-state index in [2.05, 4.69) is 176 Å². The fourth-order valence-corrected chi connectivity index (χ4v) is 16.8. The summed E-state index contributed by atoms with van der Waals surface area (Å²) in [5, 5.41) is 0. The summed E-state index contributed by atoms with van der Waals surface area (Å²) >= 11 is 24.6. The quantitative estimate of drug-likeness (QED) is 0.0353. The highest BCUT2D eigenvalue weighted by atomic mass is 79.9. The monoisotopic (exact) mass is 1320 g/mol. The van der Waals surface area contributed by atoms with Crippen LogP contribution in [0.5, 0.6) is 0 Å². The number of unbranched alkanes of at least 4 members (excludes halogenated alkanes) is 20. The van der Waals surface area contributed by atoms with Crippen molar-refractivity contribution in [2.45, 2.75) is 207 Å². The first-order chi connectivity index (χ1) is 36.2. The summed E-state index contributed by atoms with van der Waals surface area (Å²) in [6.45, 7) is 9.21. The first kappa shape index (κ1) is 60.0. The Morgan fingerprint density at radius 2 is 0.446 bits per heavy atom. The van der Waals surface area contributed by atoms with Gasteiger partial charge in [0.25, 0.3) is 0 Å². The maximum absolute atomic E-state index is 4.17. The lowest BCUT2D eigenvalue weighted by atomic mass is 9.94. The van der Waals surface area contributed by atoms with Crippen LogP contribution in [-0.2, 0) is 25.7 Å². The third kappa shape index (κ3) is 17.7. The molecule has 0 aliphatic carbocycles. The van der Waals surface area contributed by atoms with Gasteiger partial charge in [-0.05, 0) is 159 Å². The lowest BCUT2D eigenvalue weighted by Gasteiger charge is -2.18. The molecule has 0 N–H and O–H groups in total. The summed E-state index contributed by atoms with van der Waals surface area (Å²) in [5.74, 6) is 0. The predicted molar refractivity (Wildman–Crippen MR) is 350 cm³/mol. The van der Waals surface area contributed by atoms with E-state index in [4.69, 9.17) is 0 Å². The second kappa shape index (κ2) is 32.5. The molecule has 398 valence electrons. The van der Waals surface area contributed by atoms with Gasteiger partial charge in [-0.15, -0.1) is 45.3 Å². The van der Waals surface area contributed by atoms with E-state index in [1.807, 2.05) is 45.3 Å². The molecule has 0 nitrogen and oxygen atoms in total. The molecule has 0 saturated carbocycles. The van der Waals surface area contributed by atoms with E-state index < -0.39 is 0 Å². The Balaban J connectivity index is 1.21. The lowest BCUT2D eigenvalue weighted by molar-refractivity contribution is 0.609. The minimum Gasteiger partial charge on any atom is -0.140 e. The van der Waals surface area contributed by atoms with Gasteiger partial charge >= 0.3 is 0 Å². The van der Waals surface area contributed by atoms with Crippen molar-refractivity contribution in [3.63, 3.8) is 0 Å². The number of halogens is 4. The normalized spacial score (nSPS) is 11.7. The fourth-order valence-electron chi connectivity index (χ4n) is 10.3. The molecule has 8 heteroatoms. The van der Waals surface area contributed by atoms with Crippen LogP contribution in [0.25, 0.3) is 64.0 Å². The van der Waals surface area contributed by atoms with Crippen molar-refractivity contribution in [3.05, 3.63) is 122 Å². The molecule has 0 radical (unpaired) electrons. The smallest absolute Gasteiger partial charge is 0.0352 e. The van der Waals surface area contributed by atoms with Gasteiger partial charge in [0, 0.05) is 79.2 Å². The summed E-state index contributed by atoms with van der Waals surface area (Å²) in [6.07, 6.45) is 36.5. The van der Waals surface area contributed by atoms with Gasteiger partial charge in [0.05, 0.1) is 0 Å². The molecule has 4 heterocycles. The molecular formula is C66H82Br4S4. The molecular weight excluding hydrogens is 1240 g/mol. The first-order valence-corrected chi connectivity index (χ1v) is 35.2. The van der Waals surface area contributed by atoms with E-state index >= 15 is 0 Å². The van der Waals surface area contributed by atoms with E-state index in [0.717, 1.165) is 30.7 Å². The summed E-state index contributed by atoms with van der Waals surface area (Å²) in [4.78, 5) is 11.4. The molecule has 0 bridgehead atoms. The van der Waals surface area contributed by atoms with Gasteiger partial charge in [-0.2, -0.15) is 0 Å². The van der Waals surface area contributed by atoms with E-state index in [1.54, 1.807) is 0 Å². The molecule has 4 aromatic heterocycles. The molecule has 3 aromatic carbocycles. The zero-order chi connectivity index (χ0) is 52.1. The van der Waals surface area contributed by atoms with E-state index in [0.29, 0.717) is 0 Å². The maximum atomic E-state index is 4.17. The fraction of sp³-hybridized carbons (Fsp3) is 0.485. The number of rotatable bonds is 34. The Morgan fingerprint density at radius 1 is 0.243 bits per heavy atom. The van der Waals surface area contributed by atoms with Crippen LogP contribution in [0.15, 0.2) is 103 Å². The Morgan fingerprint density at radius 3 is 0.703 bits per heavy atom. The molecule has 0 amide bonds. The van der Waals surface area contributed by atoms with Crippen LogP contribution >= 0.6 is 109 Å². The number of hydrogen-bond acceptors (Lipinski definition) is 4. The summed E-state index contributed by atoms with van der Waals surface area (Å²) in [6, 6.07) is 33.5. The number of hydrogen-bond donors (Lipinski definition) is 0. The molecule has 0 atom stereocenters. The molecule has 74 heavy (non-hydrogen) atoms. The highest BCUT2D eigenvalue weighted by Gasteiger charge is 2.22. The van der Waals surface area contributed by atoms with E-state index in [9.17, 15) is 0 Å². The van der Waals surface area contributed by atoms with Gasteiger partial charge < -0.3 is 0 Å². The van der Waals surface area contributed by atoms with Gasteiger partial charge in [-0.25, -0.2) is 0 Å². The third-order valence-corrected chi connectivity index (χ3v) is 22.0. The van der Waals surface area contributed by atoms with Crippen molar-refractivity contribution in [1.82, 2.24) is 0 Å². The van der Waals surface area contributed by atoms with Crippen LogP contribution in [-0.4, -0.2) is 0 Å². The van der Waals surface area contributed by atoms with Gasteiger partial charge in [0.2, 0.25) is 0 Å². The molecule has 7 rings (SSSR count). The predicted octanol–water partition coefficient (Wildman–Crippen LogP) is 26.6. The van der Waals surface area contributed by atoms with E-state index in [1.165, 1.54) is 250 Å². The van der Waals surface area contributed by atoms with Crippen LogP contribution < -0.4 is 0 Å². The molecule has 7 aromatic rings. The lowest BCUT2D eigenvalue weighted by Crippen LogP contribution is -1.91. The van der Waals surface area contributed by atoms with Crippen LogP contribution in [0.2, 0.25) is 0 Å². The Bertz CT molecular complexity index is 2580. The van der Waals surface area contributed by atoms with Crippen LogP contribution in [0, 0.1) is 0 Å². The molecule has 0 aliphatic rings. The van der Waals surface area contributed by atoms with Gasteiger partial charge in [-0.1, -0.05) is 220 Å². The van der Waals surface area contributed by atoms with Crippen LogP contribution in [0.3, 0.4) is 0 Å². The van der Waals surface area contributed by atoms with Crippen LogP contribution in [0.4, 0.5) is 0 Å². The Kier molecular flexibility index (Phi) is 26.3. The SMILES string of the molecule is CCCCCCCCc1ccc(-c2cc(Br)c(-c3cc(Br)c(-c4cc(-c5ccc(CCCCCCCC)s5)c(-c5ccc(CCCCCCCC)s5)cc4Br)cc3Br)cc2-c2ccc(CCCCCCCC)s2)s1. The third-order valence-electron chi connectivity index (χ3n) is 14.7. The molecule has 0 fully saturated rings. The second-order valence-corrected chi connectivity index (χ2v) is 28.8. The van der Waals surface area contributed by atoms with Gasteiger partial charge in [-0.3, -0.25) is 0 Å². The van der Waals surface area contributed by atoms with Crippen molar-refractivity contribution in [2.24, 2.45) is 0 Å². The topological polar surface area (TPSA) is 0 Å². The first-order valence-electron chi connectivity index (χ1n) is 28.7. The van der Waals surface area contributed by atoms with Crippen molar-refractivity contribution in [2.75, 3.05) is 0 Å². The number of benzene rings is 3. The van der Waals surface area contributed by atoms with E-state index in [-0.39, 0.29) is 0 Å². The average molecular weight is 1320 g/mol. The molecule has 0 saturated heterocycles. The average Bonchev–Trinajstić information content (AvgIpc) is 4.26. The molecule has 0 spiro atoms. The molecule has 0 unspecified atom stereocenters. The Labute approximate surface area is 497 Å².